The van der Waals surface area contributed by atoms with Gasteiger partial charge in [-0.3, -0.25) is 4.79 Å². The van der Waals surface area contributed by atoms with Crippen LogP contribution in [0.4, 0.5) is 0 Å². The second-order valence-electron chi connectivity index (χ2n) is 14.4. The maximum Gasteiger partial charge on any atom is 0.192 e. The standard InChI is InChI=1S/C29H48O3Si/c1-18(25-17-31-25)26-24(30)16-23-21-10-9-19-15-20(32-33(7,8)27(2,3)4)11-13-28(19,5)22(21)12-14-29(23,26)6/h9,18,20-23,25-26H,10-17H2,1-8H3/t18-,20+,21-,22+,23+,25?,26+,28?,29+/m1/s1. The van der Waals surface area contributed by atoms with Gasteiger partial charge in [-0.05, 0) is 91.2 Å². The van der Waals surface area contributed by atoms with E-state index in [-0.39, 0.29) is 16.4 Å². The van der Waals surface area contributed by atoms with Crippen LogP contribution in [-0.2, 0) is 14.0 Å². The maximum absolute atomic E-state index is 13.3. The topological polar surface area (TPSA) is 38.8 Å². The number of hydrogen-bond acceptors (Lipinski definition) is 3. The lowest BCUT2D eigenvalue weighted by Gasteiger charge is -2.58. The molecule has 33 heavy (non-hydrogen) atoms. The van der Waals surface area contributed by atoms with Gasteiger partial charge in [-0.25, -0.2) is 0 Å². The smallest absolute Gasteiger partial charge is 0.192 e. The molecule has 3 nitrogen and oxygen atoms in total. The molecule has 186 valence electrons. The molecule has 9 atom stereocenters. The van der Waals surface area contributed by atoms with Crippen LogP contribution in [-0.4, -0.2) is 32.9 Å². The van der Waals surface area contributed by atoms with E-state index in [1.54, 1.807) is 5.57 Å². The van der Waals surface area contributed by atoms with Crippen LogP contribution < -0.4 is 0 Å². The maximum atomic E-state index is 13.3. The Balaban J connectivity index is 1.35. The Morgan fingerprint density at radius 3 is 2.45 bits per heavy atom. The molecule has 3 saturated carbocycles. The number of rotatable bonds is 4. The van der Waals surface area contributed by atoms with Gasteiger partial charge in [-0.1, -0.05) is 53.2 Å². The summed E-state index contributed by atoms with van der Waals surface area (Å²) in [5.74, 6) is 3.11. The molecule has 4 heteroatoms. The minimum Gasteiger partial charge on any atom is -0.414 e. The van der Waals surface area contributed by atoms with Crippen LogP contribution in [0.15, 0.2) is 11.6 Å². The van der Waals surface area contributed by atoms with Gasteiger partial charge in [0.05, 0.1) is 12.7 Å². The molecule has 0 aromatic rings. The van der Waals surface area contributed by atoms with Crippen molar-refractivity contribution in [1.29, 1.82) is 0 Å². The third-order valence-electron chi connectivity index (χ3n) is 11.7. The van der Waals surface area contributed by atoms with E-state index in [1.807, 2.05) is 0 Å². The highest BCUT2D eigenvalue weighted by atomic mass is 28.4. The quantitative estimate of drug-likeness (QED) is 0.247. The van der Waals surface area contributed by atoms with E-state index in [0.29, 0.717) is 41.2 Å². The van der Waals surface area contributed by atoms with Crippen LogP contribution in [0.2, 0.25) is 18.1 Å². The summed E-state index contributed by atoms with van der Waals surface area (Å²) in [5, 5.41) is 0.266. The molecule has 0 radical (unpaired) electrons. The summed E-state index contributed by atoms with van der Waals surface area (Å²) in [6.45, 7) is 20.0. The van der Waals surface area contributed by atoms with E-state index < -0.39 is 8.32 Å². The molecular weight excluding hydrogens is 424 g/mol. The molecule has 4 aliphatic carbocycles. The normalized spacial score (nSPS) is 46.2. The van der Waals surface area contributed by atoms with E-state index in [9.17, 15) is 4.79 Å². The number of allylic oxidation sites excluding steroid dienone is 1. The highest BCUT2D eigenvalue weighted by Crippen LogP contribution is 2.67. The Hall–Kier alpha value is -0.453. The van der Waals surface area contributed by atoms with Gasteiger partial charge in [0.25, 0.3) is 0 Å². The summed E-state index contributed by atoms with van der Waals surface area (Å²) in [6.07, 6.45) is 11.4. The van der Waals surface area contributed by atoms with Crippen molar-refractivity contribution in [2.75, 3.05) is 6.61 Å². The van der Waals surface area contributed by atoms with Crippen LogP contribution in [0.25, 0.3) is 0 Å². The molecule has 0 N–H and O–H groups in total. The fraction of sp³-hybridized carbons (Fsp3) is 0.897. The van der Waals surface area contributed by atoms with Gasteiger partial charge >= 0.3 is 0 Å². The summed E-state index contributed by atoms with van der Waals surface area (Å²) in [4.78, 5) is 13.3. The predicted molar refractivity (Wildman–Crippen MR) is 137 cm³/mol. The Morgan fingerprint density at radius 2 is 1.82 bits per heavy atom. The van der Waals surface area contributed by atoms with E-state index in [0.717, 1.165) is 25.4 Å². The van der Waals surface area contributed by atoms with Gasteiger partial charge in [0.1, 0.15) is 5.78 Å². The molecule has 1 aliphatic heterocycles. The number of hydrogen-bond donors (Lipinski definition) is 0. The summed E-state index contributed by atoms with van der Waals surface area (Å²) in [7, 11) is -1.74. The number of ketones is 1. The van der Waals surface area contributed by atoms with E-state index in [1.165, 1.54) is 32.1 Å². The second-order valence-corrected chi connectivity index (χ2v) is 19.2. The van der Waals surface area contributed by atoms with Crippen LogP contribution in [0.5, 0.6) is 0 Å². The number of ether oxygens (including phenoxy) is 1. The number of Topliss-reactive ketones (excluding diaryl/α,β-unsaturated/α-hetero) is 1. The van der Waals surface area contributed by atoms with Gasteiger partial charge in [0.2, 0.25) is 0 Å². The van der Waals surface area contributed by atoms with Crippen molar-refractivity contribution in [1.82, 2.24) is 0 Å². The van der Waals surface area contributed by atoms with Gasteiger partial charge < -0.3 is 9.16 Å². The lowest BCUT2D eigenvalue weighted by atomic mass is 9.47. The van der Waals surface area contributed by atoms with Gasteiger partial charge in [-0.15, -0.1) is 0 Å². The molecule has 0 aromatic carbocycles. The predicted octanol–water partition coefficient (Wildman–Crippen LogP) is 7.17. The first-order valence-corrected chi connectivity index (χ1v) is 16.7. The van der Waals surface area contributed by atoms with Crippen molar-refractivity contribution in [3.63, 3.8) is 0 Å². The lowest BCUT2D eigenvalue weighted by molar-refractivity contribution is -0.124. The molecule has 5 rings (SSSR count). The average molecular weight is 473 g/mol. The SMILES string of the molecule is C[C@H](C1CO1)[C@H]1C(=O)C[C@H]2[C@@H]3CC=C4C[C@@H](O[Si](C)(C)C(C)(C)C)CCC4(C)[C@H]3CC[C@]12C. The minimum atomic E-state index is -1.74. The summed E-state index contributed by atoms with van der Waals surface area (Å²) < 4.78 is 12.5. The first-order chi connectivity index (χ1) is 15.3. The van der Waals surface area contributed by atoms with Crippen molar-refractivity contribution in [3.05, 3.63) is 11.6 Å². The first kappa shape index (κ1) is 24.3. The number of fused-ring (bicyclic) bond motifs is 5. The largest absolute Gasteiger partial charge is 0.414 e. The molecule has 5 aliphatic rings. The fourth-order valence-corrected chi connectivity index (χ4v) is 10.0. The minimum absolute atomic E-state index is 0.175. The van der Waals surface area contributed by atoms with E-state index in [4.69, 9.17) is 9.16 Å². The molecule has 0 amide bonds. The molecule has 0 spiro atoms. The van der Waals surface area contributed by atoms with Gasteiger partial charge in [0.15, 0.2) is 8.32 Å². The molecule has 1 saturated heterocycles. The molecular formula is C29H48O3Si. The molecule has 1 heterocycles. The van der Waals surface area contributed by atoms with Crippen molar-refractivity contribution in [2.24, 2.45) is 40.4 Å². The fourth-order valence-electron chi connectivity index (χ4n) is 8.62. The van der Waals surface area contributed by atoms with Crippen molar-refractivity contribution >= 4 is 14.1 Å². The first-order valence-electron chi connectivity index (χ1n) is 13.8. The molecule has 0 aromatic heterocycles. The van der Waals surface area contributed by atoms with E-state index >= 15 is 0 Å². The summed E-state index contributed by atoms with van der Waals surface area (Å²) in [5.41, 5.74) is 2.17. The van der Waals surface area contributed by atoms with Crippen LogP contribution in [0.3, 0.4) is 0 Å². The molecule has 0 bridgehead atoms. The van der Waals surface area contributed by atoms with E-state index in [2.05, 4.69) is 60.7 Å². The monoisotopic (exact) mass is 472 g/mol. The number of carbonyl (C=O) groups excluding carboxylic acids is 1. The molecule has 2 unspecified atom stereocenters. The Bertz CT molecular complexity index is 836. The lowest BCUT2D eigenvalue weighted by Crippen LogP contribution is -2.52. The zero-order valence-electron chi connectivity index (χ0n) is 22.5. The third-order valence-corrected chi connectivity index (χ3v) is 16.2. The number of epoxide rings is 1. The van der Waals surface area contributed by atoms with Crippen LogP contribution in [0.1, 0.15) is 86.5 Å². The Kier molecular flexibility index (Phi) is 5.71. The highest BCUT2D eigenvalue weighted by Gasteiger charge is 2.63. The van der Waals surface area contributed by atoms with Crippen LogP contribution in [0, 0.1) is 40.4 Å². The zero-order chi connectivity index (χ0) is 24.0. The average Bonchev–Trinajstić information content (AvgIpc) is 3.51. The summed E-state index contributed by atoms with van der Waals surface area (Å²) >= 11 is 0. The van der Waals surface area contributed by atoms with Gasteiger partial charge in [0, 0.05) is 18.4 Å². The Morgan fingerprint density at radius 1 is 1.12 bits per heavy atom. The van der Waals surface area contributed by atoms with Gasteiger partial charge in [-0.2, -0.15) is 0 Å². The highest BCUT2D eigenvalue weighted by molar-refractivity contribution is 6.74. The third kappa shape index (κ3) is 3.76. The Labute approximate surface area is 203 Å². The van der Waals surface area contributed by atoms with Crippen molar-refractivity contribution < 1.29 is 14.0 Å². The van der Waals surface area contributed by atoms with Crippen molar-refractivity contribution in [3.8, 4) is 0 Å². The zero-order valence-corrected chi connectivity index (χ0v) is 23.5. The van der Waals surface area contributed by atoms with Crippen molar-refractivity contribution in [2.45, 2.75) is 117 Å². The molecule has 4 fully saturated rings. The second kappa shape index (κ2) is 7.77. The van der Waals surface area contributed by atoms with Crippen LogP contribution >= 0.6 is 0 Å². The number of carbonyl (C=O) groups is 1. The summed E-state index contributed by atoms with van der Waals surface area (Å²) in [6, 6.07) is 0.